The molecule has 2 amide bonds. The van der Waals surface area contributed by atoms with Crippen LogP contribution in [0.2, 0.25) is 0 Å². The Bertz CT molecular complexity index is 1040. The summed E-state index contributed by atoms with van der Waals surface area (Å²) in [6.07, 6.45) is 1.03. The molecule has 0 bridgehead atoms. The molecule has 1 aliphatic rings. The molecule has 10 heteroatoms. The van der Waals surface area contributed by atoms with Crippen LogP contribution >= 0.6 is 0 Å². The Kier molecular flexibility index (Phi) is 7.15. The normalized spacial score (nSPS) is 16.1. The summed E-state index contributed by atoms with van der Waals surface area (Å²) in [5.41, 5.74) is -0.144. The molecule has 1 saturated heterocycles. The summed E-state index contributed by atoms with van der Waals surface area (Å²) < 4.78 is 18.4. The van der Waals surface area contributed by atoms with Crippen molar-refractivity contribution in [2.24, 2.45) is 0 Å². The van der Waals surface area contributed by atoms with Crippen LogP contribution in [0.3, 0.4) is 0 Å². The third-order valence-corrected chi connectivity index (χ3v) is 5.03. The number of rotatable bonds is 5. The number of amides is 2. The molecule has 1 aliphatic heterocycles. The van der Waals surface area contributed by atoms with E-state index in [0.717, 1.165) is 12.8 Å². The molecule has 3 rings (SSSR count). The van der Waals surface area contributed by atoms with E-state index in [1.54, 1.807) is 26.8 Å². The topological polar surface area (TPSA) is 114 Å². The summed E-state index contributed by atoms with van der Waals surface area (Å²) in [5, 5.41) is 17.1. The lowest BCUT2D eigenvalue weighted by Crippen LogP contribution is -2.49. The fourth-order valence-electron chi connectivity index (χ4n) is 3.60. The van der Waals surface area contributed by atoms with Crippen molar-refractivity contribution < 1.29 is 23.6 Å². The number of nitrogens with zero attached hydrogens (tertiary/aromatic N) is 2. The van der Waals surface area contributed by atoms with E-state index in [4.69, 9.17) is 4.74 Å². The van der Waals surface area contributed by atoms with Gasteiger partial charge in [-0.2, -0.15) is 0 Å². The first kappa shape index (κ1) is 24.0. The standard InChI is InChI=1S/C23H27FN4O5/c1-23(2,3)33-22(30)26-17-5-4-12-27(14-17)18-10-11-19(20(13-18)28(31)32)21(29)25-16-8-6-15(24)7-9-16/h6-11,13,17H,4-5,12,14H2,1-3H3,(H,25,29)(H,26,30)/t17-/m0/s1. The van der Waals surface area contributed by atoms with Gasteiger partial charge in [0.05, 0.1) is 4.92 Å². The number of benzene rings is 2. The van der Waals surface area contributed by atoms with E-state index in [9.17, 15) is 24.1 Å². The molecule has 176 valence electrons. The molecular formula is C23H27FN4O5. The Labute approximate surface area is 191 Å². The van der Waals surface area contributed by atoms with Gasteiger partial charge < -0.3 is 20.3 Å². The van der Waals surface area contributed by atoms with Gasteiger partial charge in [0, 0.05) is 36.6 Å². The van der Waals surface area contributed by atoms with Gasteiger partial charge in [-0.3, -0.25) is 14.9 Å². The maximum atomic E-state index is 13.1. The van der Waals surface area contributed by atoms with Gasteiger partial charge in [-0.05, 0) is 70.0 Å². The maximum absolute atomic E-state index is 13.1. The van der Waals surface area contributed by atoms with E-state index in [0.29, 0.717) is 24.5 Å². The first-order valence-electron chi connectivity index (χ1n) is 10.6. The van der Waals surface area contributed by atoms with Crippen molar-refractivity contribution in [3.63, 3.8) is 0 Å². The highest BCUT2D eigenvalue weighted by atomic mass is 19.1. The van der Waals surface area contributed by atoms with Gasteiger partial charge in [-0.1, -0.05) is 0 Å². The molecule has 2 aromatic carbocycles. The third-order valence-electron chi connectivity index (χ3n) is 5.03. The lowest BCUT2D eigenvalue weighted by molar-refractivity contribution is -0.385. The van der Waals surface area contributed by atoms with E-state index in [-0.39, 0.29) is 17.3 Å². The number of anilines is 2. The Morgan fingerprint density at radius 2 is 1.88 bits per heavy atom. The lowest BCUT2D eigenvalue weighted by Gasteiger charge is -2.35. The van der Waals surface area contributed by atoms with Gasteiger partial charge in [0.15, 0.2) is 0 Å². The molecule has 2 N–H and O–H groups in total. The van der Waals surface area contributed by atoms with Crippen LogP contribution in [0.5, 0.6) is 0 Å². The predicted molar refractivity (Wildman–Crippen MR) is 122 cm³/mol. The van der Waals surface area contributed by atoms with Crippen LogP contribution in [0.25, 0.3) is 0 Å². The minimum Gasteiger partial charge on any atom is -0.444 e. The van der Waals surface area contributed by atoms with Crippen molar-refractivity contribution >= 4 is 29.1 Å². The highest BCUT2D eigenvalue weighted by Gasteiger charge is 2.27. The quantitative estimate of drug-likeness (QED) is 0.504. The number of carbonyl (C=O) groups excluding carboxylic acids is 2. The average Bonchev–Trinajstić information content (AvgIpc) is 2.73. The fraction of sp³-hybridized carbons (Fsp3) is 0.391. The second-order valence-electron chi connectivity index (χ2n) is 8.85. The van der Waals surface area contributed by atoms with Gasteiger partial charge in [0.2, 0.25) is 0 Å². The molecule has 33 heavy (non-hydrogen) atoms. The third kappa shape index (κ3) is 6.64. The highest BCUT2D eigenvalue weighted by Crippen LogP contribution is 2.28. The van der Waals surface area contributed by atoms with Crippen LogP contribution in [0, 0.1) is 15.9 Å². The number of carbonyl (C=O) groups is 2. The van der Waals surface area contributed by atoms with Gasteiger partial charge in [0.25, 0.3) is 11.6 Å². The predicted octanol–water partition coefficient (Wildman–Crippen LogP) is 4.48. The van der Waals surface area contributed by atoms with E-state index >= 15 is 0 Å². The van der Waals surface area contributed by atoms with Gasteiger partial charge in [0.1, 0.15) is 17.0 Å². The Hall–Kier alpha value is -3.69. The summed E-state index contributed by atoms with van der Waals surface area (Å²) in [6.45, 7) is 6.47. The number of piperidine rings is 1. The van der Waals surface area contributed by atoms with Crippen LogP contribution < -0.4 is 15.5 Å². The lowest BCUT2D eigenvalue weighted by atomic mass is 10.0. The molecule has 0 aromatic heterocycles. The van der Waals surface area contributed by atoms with Crippen molar-refractivity contribution in [2.75, 3.05) is 23.3 Å². The van der Waals surface area contributed by atoms with Crippen molar-refractivity contribution in [3.8, 4) is 0 Å². The number of nitrogens with one attached hydrogen (secondary N) is 2. The van der Waals surface area contributed by atoms with Crippen molar-refractivity contribution in [1.82, 2.24) is 5.32 Å². The maximum Gasteiger partial charge on any atom is 0.407 e. The van der Waals surface area contributed by atoms with E-state index < -0.39 is 28.3 Å². The number of hydrogen-bond donors (Lipinski definition) is 2. The van der Waals surface area contributed by atoms with Crippen LogP contribution in [0.15, 0.2) is 42.5 Å². The summed E-state index contributed by atoms with van der Waals surface area (Å²) in [5.74, 6) is -1.12. The number of halogens is 1. The Balaban J connectivity index is 1.74. The molecule has 0 unspecified atom stereocenters. The summed E-state index contributed by atoms with van der Waals surface area (Å²) in [6, 6.07) is 9.35. The van der Waals surface area contributed by atoms with Crippen LogP contribution in [0.4, 0.5) is 26.2 Å². The molecule has 0 aliphatic carbocycles. The zero-order chi connectivity index (χ0) is 24.2. The minimum atomic E-state index is -0.664. The second kappa shape index (κ2) is 9.85. The number of ether oxygens (including phenoxy) is 1. The minimum absolute atomic E-state index is 0.103. The van der Waals surface area contributed by atoms with Gasteiger partial charge >= 0.3 is 6.09 Å². The van der Waals surface area contributed by atoms with E-state index in [1.165, 1.54) is 36.4 Å². The molecule has 2 aromatic rings. The molecule has 1 atom stereocenters. The van der Waals surface area contributed by atoms with Gasteiger partial charge in [-0.15, -0.1) is 0 Å². The molecule has 9 nitrogen and oxygen atoms in total. The summed E-state index contributed by atoms with van der Waals surface area (Å²) in [7, 11) is 0. The van der Waals surface area contributed by atoms with Crippen LogP contribution in [-0.4, -0.2) is 41.7 Å². The smallest absolute Gasteiger partial charge is 0.407 e. The SMILES string of the molecule is CC(C)(C)OC(=O)N[C@H]1CCCN(c2ccc(C(=O)Nc3ccc(F)cc3)c([N+](=O)[O-])c2)C1. The fourth-order valence-corrected chi connectivity index (χ4v) is 3.60. The highest BCUT2D eigenvalue weighted by molar-refractivity contribution is 6.07. The monoisotopic (exact) mass is 458 g/mol. The molecule has 0 radical (unpaired) electrons. The van der Waals surface area contributed by atoms with Crippen molar-refractivity contribution in [2.45, 2.75) is 45.3 Å². The van der Waals surface area contributed by atoms with Crippen LogP contribution in [0.1, 0.15) is 44.0 Å². The number of hydrogen-bond acceptors (Lipinski definition) is 6. The zero-order valence-corrected chi connectivity index (χ0v) is 18.8. The molecule has 1 heterocycles. The largest absolute Gasteiger partial charge is 0.444 e. The molecular weight excluding hydrogens is 431 g/mol. The molecule has 0 spiro atoms. The summed E-state index contributed by atoms with van der Waals surface area (Å²) in [4.78, 5) is 37.7. The Morgan fingerprint density at radius 3 is 2.52 bits per heavy atom. The first-order chi connectivity index (χ1) is 15.5. The number of nitro groups is 1. The second-order valence-corrected chi connectivity index (χ2v) is 8.85. The van der Waals surface area contributed by atoms with E-state index in [2.05, 4.69) is 10.6 Å². The average molecular weight is 458 g/mol. The van der Waals surface area contributed by atoms with Gasteiger partial charge in [-0.25, -0.2) is 9.18 Å². The first-order valence-corrected chi connectivity index (χ1v) is 10.6. The summed E-state index contributed by atoms with van der Waals surface area (Å²) >= 11 is 0. The van der Waals surface area contributed by atoms with Crippen LogP contribution in [-0.2, 0) is 4.74 Å². The van der Waals surface area contributed by atoms with Crippen molar-refractivity contribution in [3.05, 3.63) is 64.0 Å². The number of nitro benzene ring substituents is 1. The Morgan fingerprint density at radius 1 is 1.18 bits per heavy atom. The molecule has 0 saturated carbocycles. The van der Waals surface area contributed by atoms with E-state index in [1.807, 2.05) is 4.90 Å². The number of alkyl carbamates (subject to hydrolysis) is 1. The van der Waals surface area contributed by atoms with Crippen molar-refractivity contribution in [1.29, 1.82) is 0 Å². The molecule has 1 fully saturated rings. The zero-order valence-electron chi connectivity index (χ0n) is 18.8.